The van der Waals surface area contributed by atoms with Gasteiger partial charge in [-0.1, -0.05) is 49.1 Å². The number of ether oxygens (including phenoxy) is 5. The molecule has 256 valence electrons. The monoisotopic (exact) mass is 655 g/mol. The number of carbonyl (C=O) groups is 4. The fraction of sp³-hybridized carbons (Fsp3) is 0.500. The molecule has 2 aromatic carbocycles. The summed E-state index contributed by atoms with van der Waals surface area (Å²) < 4.78 is 44.1. The lowest BCUT2D eigenvalue weighted by atomic mass is 9.95. The zero-order chi connectivity index (χ0) is 34.9. The minimum absolute atomic E-state index is 0.106. The summed E-state index contributed by atoms with van der Waals surface area (Å²) in [7, 11) is 0. The van der Waals surface area contributed by atoms with E-state index in [4.69, 9.17) is 23.7 Å². The molecule has 0 radical (unpaired) electrons. The highest BCUT2D eigenvalue weighted by atomic mass is 19.1. The lowest BCUT2D eigenvalue weighted by Crippen LogP contribution is -2.61. The average molecular weight is 656 g/mol. The lowest BCUT2D eigenvalue weighted by molar-refractivity contribution is -0.274. The quantitative estimate of drug-likeness (QED) is 0.233. The van der Waals surface area contributed by atoms with Crippen LogP contribution in [0.1, 0.15) is 71.6 Å². The van der Waals surface area contributed by atoms with Crippen molar-refractivity contribution in [3.05, 3.63) is 71.8 Å². The van der Waals surface area contributed by atoms with E-state index in [0.29, 0.717) is 13.0 Å². The van der Waals surface area contributed by atoms with Crippen LogP contribution in [0.4, 0.5) is 4.39 Å². The summed E-state index contributed by atoms with van der Waals surface area (Å²) in [6, 6.07) is 14.4. The van der Waals surface area contributed by atoms with E-state index < -0.39 is 66.1 Å². The van der Waals surface area contributed by atoms with E-state index in [1.807, 2.05) is 24.3 Å². The van der Waals surface area contributed by atoms with Gasteiger partial charge in [-0.15, -0.1) is 0 Å². The summed E-state index contributed by atoms with van der Waals surface area (Å²) in [5.74, 6) is -1.92. The molecule has 1 heterocycles. The first-order valence-corrected chi connectivity index (χ1v) is 15.6. The van der Waals surface area contributed by atoms with Crippen molar-refractivity contribution in [3.63, 3.8) is 0 Å². The van der Waals surface area contributed by atoms with Gasteiger partial charge in [-0.25, -0.2) is 4.39 Å². The van der Waals surface area contributed by atoms with Crippen LogP contribution in [-0.2, 0) is 51.1 Å². The summed E-state index contributed by atoms with van der Waals surface area (Å²) in [4.78, 5) is 49.8. The zero-order valence-corrected chi connectivity index (χ0v) is 28.2. The molecule has 0 bridgehead atoms. The molecule has 0 aromatic heterocycles. The lowest BCUT2D eigenvalue weighted by Gasteiger charge is -2.42. The van der Waals surface area contributed by atoms with Crippen molar-refractivity contribution in [1.82, 2.24) is 5.32 Å². The van der Waals surface area contributed by atoms with Crippen molar-refractivity contribution in [3.8, 4) is 5.75 Å². The molecule has 1 aliphatic rings. The predicted octanol–water partition coefficient (Wildman–Crippen LogP) is 5.50. The molecule has 0 saturated carbocycles. The molecule has 0 unspecified atom stereocenters. The highest BCUT2D eigenvalue weighted by Gasteiger charge is 2.53. The van der Waals surface area contributed by atoms with Gasteiger partial charge in [0.15, 0.2) is 12.2 Å². The SMILES string of the molecule is C=Cc1ccc(CNC(=O)CCc2ccc(O[C@@H]3O[C@H](COC(=O)C(C)(C)C)[C@@H](OC(C)=O)[C@H](OC(=O)C(C)(C)C)[C@@H]3F)cc2)cc1. The molecule has 1 saturated heterocycles. The van der Waals surface area contributed by atoms with E-state index in [1.165, 1.54) is 0 Å². The maximum atomic E-state index is 16.1. The minimum Gasteiger partial charge on any atom is -0.462 e. The Kier molecular flexibility index (Phi) is 12.7. The number of carbonyl (C=O) groups excluding carboxylic acids is 4. The molecular weight excluding hydrogens is 609 g/mol. The van der Waals surface area contributed by atoms with Gasteiger partial charge in [0.05, 0.1) is 10.8 Å². The third-order valence-electron chi connectivity index (χ3n) is 7.24. The van der Waals surface area contributed by atoms with Gasteiger partial charge in [-0.3, -0.25) is 19.2 Å². The number of hydrogen-bond acceptors (Lipinski definition) is 9. The van der Waals surface area contributed by atoms with Gasteiger partial charge < -0.3 is 29.0 Å². The summed E-state index contributed by atoms with van der Waals surface area (Å²) in [6.07, 6.45) is -5.44. The Balaban J connectivity index is 1.70. The average Bonchev–Trinajstić information content (AvgIpc) is 3.00. The van der Waals surface area contributed by atoms with Crippen LogP contribution in [-0.4, -0.2) is 61.2 Å². The van der Waals surface area contributed by atoms with Crippen LogP contribution in [0.5, 0.6) is 5.75 Å². The number of halogens is 1. The van der Waals surface area contributed by atoms with Gasteiger partial charge in [-0.2, -0.15) is 0 Å². The maximum Gasteiger partial charge on any atom is 0.311 e. The predicted molar refractivity (Wildman–Crippen MR) is 173 cm³/mol. The first-order valence-electron chi connectivity index (χ1n) is 15.6. The second-order valence-corrected chi connectivity index (χ2v) is 13.5. The Bertz CT molecular complexity index is 1390. The number of esters is 3. The van der Waals surface area contributed by atoms with E-state index in [2.05, 4.69) is 11.9 Å². The standard InChI is InChI=1S/C36H46FNO9/c1-9-23-10-12-25(13-11-23)20-38-28(40)19-16-24-14-17-26(18-15-24)45-32-29(37)31(47-34(42)36(6,7)8)30(44-22(2)39)27(46-32)21-43-33(41)35(3,4)5/h9-15,17-18,27,29-32H,1,16,19-21H2,2-8H3,(H,38,40)/t27-,29+,30-,31-,32-/m1/s1. The van der Waals surface area contributed by atoms with Gasteiger partial charge in [0, 0.05) is 19.9 Å². The van der Waals surface area contributed by atoms with E-state index >= 15 is 4.39 Å². The van der Waals surface area contributed by atoms with Crippen LogP contribution < -0.4 is 10.1 Å². The molecule has 0 spiro atoms. The van der Waals surface area contributed by atoms with Crippen LogP contribution in [0.2, 0.25) is 0 Å². The fourth-order valence-electron chi connectivity index (χ4n) is 4.43. The van der Waals surface area contributed by atoms with Gasteiger partial charge in [0.25, 0.3) is 0 Å². The zero-order valence-electron chi connectivity index (χ0n) is 28.2. The molecule has 1 aliphatic heterocycles. The van der Waals surface area contributed by atoms with Crippen LogP contribution in [0.3, 0.4) is 0 Å². The summed E-state index contributed by atoms with van der Waals surface area (Å²) in [5.41, 5.74) is 0.991. The van der Waals surface area contributed by atoms with Crippen LogP contribution in [0, 0.1) is 10.8 Å². The van der Waals surface area contributed by atoms with Gasteiger partial charge in [0.2, 0.25) is 18.4 Å². The Morgan fingerprint density at radius 2 is 1.47 bits per heavy atom. The number of nitrogens with one attached hydrogen (secondary N) is 1. The number of alkyl halides is 1. The van der Waals surface area contributed by atoms with Crippen molar-refractivity contribution in [2.75, 3.05) is 6.61 Å². The summed E-state index contributed by atoms with van der Waals surface area (Å²) in [5, 5.41) is 2.90. The molecule has 1 amide bonds. The van der Waals surface area contributed by atoms with Gasteiger partial charge in [0.1, 0.15) is 18.5 Å². The number of benzene rings is 2. The van der Waals surface area contributed by atoms with E-state index in [1.54, 1.807) is 71.9 Å². The first-order chi connectivity index (χ1) is 22.0. The molecule has 0 aliphatic carbocycles. The highest BCUT2D eigenvalue weighted by Crippen LogP contribution is 2.32. The number of amides is 1. The van der Waals surface area contributed by atoms with E-state index in [0.717, 1.165) is 23.6 Å². The van der Waals surface area contributed by atoms with Crippen molar-refractivity contribution < 1.29 is 47.3 Å². The van der Waals surface area contributed by atoms with Crippen LogP contribution >= 0.6 is 0 Å². The molecule has 1 fully saturated rings. The maximum absolute atomic E-state index is 16.1. The minimum atomic E-state index is -2.07. The Morgan fingerprint density at radius 1 is 0.872 bits per heavy atom. The van der Waals surface area contributed by atoms with Crippen molar-refractivity contribution >= 4 is 29.9 Å². The Labute approximate surface area is 275 Å². The van der Waals surface area contributed by atoms with Crippen LogP contribution in [0.15, 0.2) is 55.1 Å². The largest absolute Gasteiger partial charge is 0.462 e. The third kappa shape index (κ3) is 11.2. The molecule has 10 nitrogen and oxygen atoms in total. The number of rotatable bonds is 12. The second-order valence-electron chi connectivity index (χ2n) is 13.5. The molecule has 3 rings (SSSR count). The van der Waals surface area contributed by atoms with Gasteiger partial charge >= 0.3 is 17.9 Å². The molecule has 47 heavy (non-hydrogen) atoms. The normalized spacial score (nSPS) is 21.2. The van der Waals surface area contributed by atoms with Crippen LogP contribution in [0.25, 0.3) is 6.08 Å². The first kappa shape index (κ1) is 37.2. The fourth-order valence-corrected chi connectivity index (χ4v) is 4.43. The molecule has 11 heteroatoms. The molecule has 1 N–H and O–H groups in total. The topological polar surface area (TPSA) is 126 Å². The van der Waals surface area contributed by atoms with Gasteiger partial charge in [-0.05, 0) is 76.8 Å². The second kappa shape index (κ2) is 16.0. The number of aryl methyl sites for hydroxylation is 1. The third-order valence-corrected chi connectivity index (χ3v) is 7.24. The van der Waals surface area contributed by atoms with E-state index in [-0.39, 0.29) is 18.1 Å². The van der Waals surface area contributed by atoms with Crippen molar-refractivity contribution in [2.24, 2.45) is 10.8 Å². The summed E-state index contributed by atoms with van der Waals surface area (Å²) in [6.45, 7) is 14.7. The molecular formula is C36H46FNO9. The van der Waals surface area contributed by atoms with E-state index in [9.17, 15) is 19.2 Å². The van der Waals surface area contributed by atoms with Crippen molar-refractivity contribution in [2.45, 2.75) is 98.6 Å². The van der Waals surface area contributed by atoms with Crippen molar-refractivity contribution in [1.29, 1.82) is 0 Å². The smallest absolute Gasteiger partial charge is 0.311 e. The Hall–Kier alpha value is -4.25. The number of hydrogen-bond donors (Lipinski definition) is 1. The Morgan fingerprint density at radius 3 is 2.02 bits per heavy atom. The molecule has 5 atom stereocenters. The molecule has 2 aromatic rings. The highest BCUT2D eigenvalue weighted by molar-refractivity contribution is 5.76. The summed E-state index contributed by atoms with van der Waals surface area (Å²) >= 11 is 0.